The molecule has 0 amide bonds. The van der Waals surface area contributed by atoms with E-state index >= 15 is 0 Å². The number of hydrogen-bond donors (Lipinski definition) is 1. The predicted molar refractivity (Wildman–Crippen MR) is 64.9 cm³/mol. The molecule has 0 spiro atoms. The molecule has 1 unspecified atom stereocenters. The first kappa shape index (κ1) is 13.2. The summed E-state index contributed by atoms with van der Waals surface area (Å²) in [6.45, 7) is 4.31. The van der Waals surface area contributed by atoms with Crippen LogP contribution in [0.2, 0.25) is 0 Å². The van der Waals surface area contributed by atoms with E-state index in [0.717, 1.165) is 19.3 Å². The van der Waals surface area contributed by atoms with Crippen molar-refractivity contribution in [3.8, 4) is 0 Å². The van der Waals surface area contributed by atoms with Gasteiger partial charge in [0.25, 0.3) is 0 Å². The summed E-state index contributed by atoms with van der Waals surface area (Å²) in [5.74, 6) is 0.301. The Morgan fingerprint density at radius 1 is 1.19 bits per heavy atom. The fourth-order valence-corrected chi connectivity index (χ4v) is 2.13. The van der Waals surface area contributed by atoms with Crippen molar-refractivity contribution in [2.75, 3.05) is 6.61 Å². The van der Waals surface area contributed by atoms with Crippen molar-refractivity contribution in [3.63, 3.8) is 0 Å². The lowest BCUT2D eigenvalue weighted by atomic mass is 9.86. The smallest absolute Gasteiger partial charge is 0.126 e. The van der Waals surface area contributed by atoms with Crippen LogP contribution in [-0.4, -0.2) is 11.7 Å². The molecule has 1 atom stereocenters. The van der Waals surface area contributed by atoms with Crippen LogP contribution in [0.3, 0.4) is 0 Å². The Labute approximate surface area is 97.3 Å². The highest BCUT2D eigenvalue weighted by atomic mass is 19.1. The summed E-state index contributed by atoms with van der Waals surface area (Å²) in [6.07, 6.45) is 3.04. The second-order valence-corrected chi connectivity index (χ2v) is 4.32. The fraction of sp³-hybridized carbons (Fsp3) is 0.571. The molecule has 1 aromatic carbocycles. The van der Waals surface area contributed by atoms with Gasteiger partial charge in [-0.2, -0.15) is 0 Å². The molecule has 0 aromatic heterocycles. The average molecular weight is 224 g/mol. The molecule has 0 aliphatic rings. The third-order valence-corrected chi connectivity index (χ3v) is 3.34. The van der Waals surface area contributed by atoms with Crippen LogP contribution in [0.25, 0.3) is 0 Å². The van der Waals surface area contributed by atoms with Gasteiger partial charge in [-0.1, -0.05) is 44.9 Å². The van der Waals surface area contributed by atoms with Gasteiger partial charge >= 0.3 is 0 Å². The van der Waals surface area contributed by atoms with Crippen molar-refractivity contribution in [3.05, 3.63) is 35.6 Å². The molecule has 16 heavy (non-hydrogen) atoms. The van der Waals surface area contributed by atoms with Gasteiger partial charge < -0.3 is 5.11 Å². The minimum absolute atomic E-state index is 0.0252. The molecule has 2 heteroatoms. The van der Waals surface area contributed by atoms with Crippen molar-refractivity contribution in [2.45, 2.75) is 39.0 Å². The largest absolute Gasteiger partial charge is 0.396 e. The van der Waals surface area contributed by atoms with Crippen LogP contribution in [0.1, 0.15) is 44.6 Å². The number of halogens is 1. The summed E-state index contributed by atoms with van der Waals surface area (Å²) >= 11 is 0. The highest BCUT2D eigenvalue weighted by molar-refractivity contribution is 5.21. The van der Waals surface area contributed by atoms with E-state index in [2.05, 4.69) is 13.8 Å². The van der Waals surface area contributed by atoms with E-state index in [0.29, 0.717) is 11.5 Å². The first-order chi connectivity index (χ1) is 7.72. The molecular weight excluding hydrogens is 203 g/mol. The van der Waals surface area contributed by atoms with Gasteiger partial charge in [0.05, 0.1) is 6.61 Å². The summed E-state index contributed by atoms with van der Waals surface area (Å²) in [7, 11) is 0. The van der Waals surface area contributed by atoms with Crippen LogP contribution in [0.15, 0.2) is 24.3 Å². The number of aliphatic hydroxyl groups excluding tert-OH is 1. The maximum absolute atomic E-state index is 13.6. The van der Waals surface area contributed by atoms with Gasteiger partial charge in [-0.3, -0.25) is 0 Å². The molecule has 0 aliphatic heterocycles. The van der Waals surface area contributed by atoms with Gasteiger partial charge in [-0.15, -0.1) is 0 Å². The highest BCUT2D eigenvalue weighted by Gasteiger charge is 2.18. The molecule has 0 heterocycles. The maximum Gasteiger partial charge on any atom is 0.126 e. The first-order valence-corrected chi connectivity index (χ1v) is 6.08. The summed E-state index contributed by atoms with van der Waals surface area (Å²) < 4.78 is 13.6. The molecule has 1 nitrogen and oxygen atoms in total. The summed E-state index contributed by atoms with van der Waals surface area (Å²) in [4.78, 5) is 0. The third kappa shape index (κ3) is 3.31. The van der Waals surface area contributed by atoms with Crippen LogP contribution in [0.5, 0.6) is 0 Å². The van der Waals surface area contributed by atoms with Crippen LogP contribution in [0, 0.1) is 11.7 Å². The standard InChI is InChI=1S/C14H21FO/c1-3-11(4-2)9-12(10-16)13-7-5-6-8-14(13)15/h5-8,11-12,16H,3-4,9-10H2,1-2H3. The Morgan fingerprint density at radius 3 is 2.31 bits per heavy atom. The molecule has 0 bridgehead atoms. The molecule has 1 N–H and O–H groups in total. The van der Waals surface area contributed by atoms with E-state index in [1.165, 1.54) is 6.07 Å². The van der Waals surface area contributed by atoms with Crippen molar-refractivity contribution in [1.82, 2.24) is 0 Å². The molecule has 1 rings (SSSR count). The predicted octanol–water partition coefficient (Wildman–Crippen LogP) is 3.73. The molecular formula is C14H21FO. The first-order valence-electron chi connectivity index (χ1n) is 6.08. The molecule has 0 aliphatic carbocycles. The van der Waals surface area contributed by atoms with E-state index in [4.69, 9.17) is 0 Å². The van der Waals surface area contributed by atoms with Gasteiger partial charge in [0.15, 0.2) is 0 Å². The number of hydrogen-bond acceptors (Lipinski definition) is 1. The van der Waals surface area contributed by atoms with Gasteiger partial charge in [0.2, 0.25) is 0 Å². The van der Waals surface area contributed by atoms with Gasteiger partial charge in [0, 0.05) is 5.92 Å². The van der Waals surface area contributed by atoms with Crippen molar-refractivity contribution in [2.24, 2.45) is 5.92 Å². The van der Waals surface area contributed by atoms with Crippen molar-refractivity contribution in [1.29, 1.82) is 0 Å². The second-order valence-electron chi connectivity index (χ2n) is 4.32. The van der Waals surface area contributed by atoms with Crippen LogP contribution >= 0.6 is 0 Å². The quantitative estimate of drug-likeness (QED) is 0.780. The lowest BCUT2D eigenvalue weighted by Crippen LogP contribution is -2.11. The fourth-order valence-electron chi connectivity index (χ4n) is 2.13. The minimum atomic E-state index is -0.201. The third-order valence-electron chi connectivity index (χ3n) is 3.34. The molecule has 0 saturated heterocycles. The van der Waals surface area contributed by atoms with E-state index in [-0.39, 0.29) is 18.3 Å². The highest BCUT2D eigenvalue weighted by Crippen LogP contribution is 2.28. The Balaban J connectivity index is 2.78. The second kappa shape index (κ2) is 6.64. The van der Waals surface area contributed by atoms with Gasteiger partial charge in [-0.05, 0) is 24.0 Å². The van der Waals surface area contributed by atoms with Gasteiger partial charge in [0.1, 0.15) is 5.82 Å². The number of aliphatic hydroxyl groups is 1. The Hall–Kier alpha value is -0.890. The van der Waals surface area contributed by atoms with Gasteiger partial charge in [-0.25, -0.2) is 4.39 Å². The lowest BCUT2D eigenvalue weighted by Gasteiger charge is -2.20. The van der Waals surface area contributed by atoms with Crippen LogP contribution in [0.4, 0.5) is 4.39 Å². The SMILES string of the molecule is CCC(CC)CC(CO)c1ccccc1F. The summed E-state index contributed by atoms with van der Waals surface area (Å²) in [6, 6.07) is 6.75. The molecule has 0 radical (unpaired) electrons. The number of benzene rings is 1. The van der Waals surface area contributed by atoms with E-state index < -0.39 is 0 Å². The normalized spacial score (nSPS) is 13.1. The van der Waals surface area contributed by atoms with Crippen molar-refractivity contribution < 1.29 is 9.50 Å². The van der Waals surface area contributed by atoms with E-state index in [1.807, 2.05) is 6.07 Å². The molecule has 90 valence electrons. The van der Waals surface area contributed by atoms with E-state index in [1.54, 1.807) is 12.1 Å². The monoisotopic (exact) mass is 224 g/mol. The lowest BCUT2D eigenvalue weighted by molar-refractivity contribution is 0.237. The summed E-state index contributed by atoms with van der Waals surface area (Å²) in [5.41, 5.74) is 0.650. The van der Waals surface area contributed by atoms with E-state index in [9.17, 15) is 9.50 Å². The zero-order valence-corrected chi connectivity index (χ0v) is 10.1. The Kier molecular flexibility index (Phi) is 5.47. The topological polar surface area (TPSA) is 20.2 Å². The van der Waals surface area contributed by atoms with Crippen LogP contribution < -0.4 is 0 Å². The average Bonchev–Trinajstić information content (AvgIpc) is 2.32. The van der Waals surface area contributed by atoms with Crippen molar-refractivity contribution >= 4 is 0 Å². The Bertz CT molecular complexity index is 307. The Morgan fingerprint density at radius 2 is 1.81 bits per heavy atom. The zero-order valence-electron chi connectivity index (χ0n) is 10.1. The number of rotatable bonds is 6. The molecule has 0 saturated carbocycles. The molecule has 0 fully saturated rings. The minimum Gasteiger partial charge on any atom is -0.396 e. The molecule has 1 aromatic rings. The zero-order chi connectivity index (χ0) is 12.0. The maximum atomic E-state index is 13.6. The summed E-state index contributed by atoms with van der Waals surface area (Å²) in [5, 5.41) is 9.38. The van der Waals surface area contributed by atoms with Crippen LogP contribution in [-0.2, 0) is 0 Å².